The molecule has 0 spiro atoms. The first-order chi connectivity index (χ1) is 15.4. The average molecular weight is 518 g/mol. The van der Waals surface area contributed by atoms with Crippen LogP contribution < -0.4 is 9.62 Å². The number of anilines is 1. The van der Waals surface area contributed by atoms with Crippen molar-refractivity contribution in [1.82, 2.24) is 10.2 Å². The number of carbonyl (C=O) groups is 2. The highest BCUT2D eigenvalue weighted by Crippen LogP contribution is 2.24. The summed E-state index contributed by atoms with van der Waals surface area (Å²) in [6.07, 6.45) is 1.63. The molecule has 0 aromatic heterocycles. The Morgan fingerprint density at radius 2 is 1.82 bits per heavy atom. The molecule has 2 amide bonds. The summed E-state index contributed by atoms with van der Waals surface area (Å²) in [5.74, 6) is -1.68. The van der Waals surface area contributed by atoms with Gasteiger partial charge < -0.3 is 10.2 Å². The summed E-state index contributed by atoms with van der Waals surface area (Å²) in [6.45, 7) is 3.24. The summed E-state index contributed by atoms with van der Waals surface area (Å²) in [6, 6.07) is 8.82. The molecule has 2 aromatic carbocycles. The minimum absolute atomic E-state index is 0.00317. The molecule has 0 radical (unpaired) electrons. The van der Waals surface area contributed by atoms with Crippen LogP contribution in [0, 0.1) is 5.82 Å². The Hall–Kier alpha value is -2.36. The number of nitrogens with one attached hydrogen (secondary N) is 1. The predicted molar refractivity (Wildman–Crippen MR) is 128 cm³/mol. The molecular weight excluding hydrogens is 492 g/mol. The van der Waals surface area contributed by atoms with E-state index in [4.69, 9.17) is 23.2 Å². The summed E-state index contributed by atoms with van der Waals surface area (Å²) >= 11 is 12.1. The van der Waals surface area contributed by atoms with Crippen molar-refractivity contribution in [3.8, 4) is 0 Å². The Labute approximate surface area is 203 Å². The molecule has 0 bridgehead atoms. The van der Waals surface area contributed by atoms with Crippen LogP contribution >= 0.6 is 23.2 Å². The molecule has 2 rings (SSSR count). The molecule has 0 aliphatic heterocycles. The summed E-state index contributed by atoms with van der Waals surface area (Å²) in [4.78, 5) is 27.2. The van der Waals surface area contributed by atoms with Gasteiger partial charge in [0.25, 0.3) is 0 Å². The molecule has 0 heterocycles. The van der Waals surface area contributed by atoms with Crippen molar-refractivity contribution in [1.29, 1.82) is 0 Å². The van der Waals surface area contributed by atoms with Crippen molar-refractivity contribution in [2.24, 2.45) is 0 Å². The van der Waals surface area contributed by atoms with Gasteiger partial charge >= 0.3 is 0 Å². The standard InChI is InChI=1S/C22H26Cl2FN3O4S/c1-4-10-26-22(30)15(2)27(13-16-8-9-19(23)20(24)11-16)21(29)14-28(33(3,31)32)18-7-5-6-17(25)12-18/h5-9,11-12,15H,4,10,13-14H2,1-3H3,(H,26,30)/t15-/m0/s1. The molecule has 7 nitrogen and oxygen atoms in total. The number of nitrogens with zero attached hydrogens (tertiary/aromatic N) is 2. The first-order valence-electron chi connectivity index (χ1n) is 10.2. The zero-order valence-corrected chi connectivity index (χ0v) is 20.8. The lowest BCUT2D eigenvalue weighted by Gasteiger charge is -2.31. The summed E-state index contributed by atoms with van der Waals surface area (Å²) in [5.41, 5.74) is 0.605. The lowest BCUT2D eigenvalue weighted by Crippen LogP contribution is -2.51. The van der Waals surface area contributed by atoms with E-state index in [9.17, 15) is 22.4 Å². The van der Waals surface area contributed by atoms with Crippen molar-refractivity contribution in [3.05, 3.63) is 63.9 Å². The van der Waals surface area contributed by atoms with Gasteiger partial charge in [-0.25, -0.2) is 12.8 Å². The van der Waals surface area contributed by atoms with E-state index in [1.807, 2.05) is 6.92 Å². The highest BCUT2D eigenvalue weighted by Gasteiger charge is 2.30. The van der Waals surface area contributed by atoms with E-state index in [0.29, 0.717) is 23.6 Å². The van der Waals surface area contributed by atoms with E-state index in [1.165, 1.54) is 23.1 Å². The maximum Gasteiger partial charge on any atom is 0.244 e. The Kier molecular flexibility index (Phi) is 9.51. The molecule has 0 saturated carbocycles. The van der Waals surface area contributed by atoms with Crippen LogP contribution in [0.5, 0.6) is 0 Å². The fraction of sp³-hybridized carbons (Fsp3) is 0.364. The Bertz CT molecular complexity index is 1110. The minimum Gasteiger partial charge on any atom is -0.354 e. The molecule has 0 unspecified atom stereocenters. The Morgan fingerprint density at radius 3 is 2.39 bits per heavy atom. The number of rotatable bonds is 10. The summed E-state index contributed by atoms with van der Waals surface area (Å²) < 4.78 is 39.3. The van der Waals surface area contributed by atoms with Gasteiger partial charge in [0.2, 0.25) is 21.8 Å². The van der Waals surface area contributed by atoms with Gasteiger partial charge in [0, 0.05) is 13.1 Å². The SMILES string of the molecule is CCCNC(=O)[C@H](C)N(Cc1ccc(Cl)c(Cl)c1)C(=O)CN(c1cccc(F)c1)S(C)(=O)=O. The maximum atomic E-state index is 13.7. The van der Waals surface area contributed by atoms with Gasteiger partial charge in [-0.05, 0) is 49.2 Å². The van der Waals surface area contributed by atoms with Crippen molar-refractivity contribution in [2.45, 2.75) is 32.9 Å². The van der Waals surface area contributed by atoms with Gasteiger partial charge in [-0.2, -0.15) is 0 Å². The van der Waals surface area contributed by atoms with E-state index in [-0.39, 0.29) is 23.2 Å². The molecule has 33 heavy (non-hydrogen) atoms. The molecule has 11 heteroatoms. The normalized spacial score (nSPS) is 12.2. The maximum absolute atomic E-state index is 13.7. The van der Waals surface area contributed by atoms with Crippen molar-refractivity contribution >= 4 is 50.7 Å². The van der Waals surface area contributed by atoms with Crippen LogP contribution in [0.1, 0.15) is 25.8 Å². The fourth-order valence-corrected chi connectivity index (χ4v) is 4.22. The third-order valence-corrected chi connectivity index (χ3v) is 6.71. The first-order valence-corrected chi connectivity index (χ1v) is 12.8. The van der Waals surface area contributed by atoms with E-state index in [2.05, 4.69) is 5.32 Å². The molecular formula is C22H26Cl2FN3O4S. The highest BCUT2D eigenvalue weighted by atomic mass is 35.5. The second-order valence-corrected chi connectivity index (χ2v) is 10.2. The molecule has 0 saturated heterocycles. The van der Waals surface area contributed by atoms with Crippen LogP contribution in [-0.4, -0.2) is 50.5 Å². The van der Waals surface area contributed by atoms with Gasteiger partial charge in [0.1, 0.15) is 18.4 Å². The highest BCUT2D eigenvalue weighted by molar-refractivity contribution is 7.92. The monoisotopic (exact) mass is 517 g/mol. The van der Waals surface area contributed by atoms with Crippen LogP contribution in [0.15, 0.2) is 42.5 Å². The largest absolute Gasteiger partial charge is 0.354 e. The van der Waals surface area contributed by atoms with Crippen LogP contribution in [0.3, 0.4) is 0 Å². The third kappa shape index (κ3) is 7.58. The van der Waals surface area contributed by atoms with Crippen LogP contribution in [0.25, 0.3) is 0 Å². The molecule has 1 N–H and O–H groups in total. The van der Waals surface area contributed by atoms with Gasteiger partial charge in [0.05, 0.1) is 22.0 Å². The zero-order valence-electron chi connectivity index (χ0n) is 18.5. The Balaban J connectivity index is 2.39. The molecule has 2 aromatic rings. The van der Waals surface area contributed by atoms with Crippen molar-refractivity contribution in [2.75, 3.05) is 23.7 Å². The summed E-state index contributed by atoms with van der Waals surface area (Å²) in [5, 5.41) is 3.35. The number of amides is 2. The third-order valence-electron chi connectivity index (χ3n) is 4.83. The van der Waals surface area contributed by atoms with Gasteiger partial charge in [0.15, 0.2) is 0 Å². The Morgan fingerprint density at radius 1 is 1.12 bits per heavy atom. The number of benzene rings is 2. The quantitative estimate of drug-likeness (QED) is 0.518. The van der Waals surface area contributed by atoms with Crippen molar-refractivity contribution in [3.63, 3.8) is 0 Å². The van der Waals surface area contributed by atoms with E-state index < -0.39 is 34.3 Å². The zero-order chi connectivity index (χ0) is 24.8. The molecule has 0 fully saturated rings. The fourth-order valence-electron chi connectivity index (χ4n) is 3.06. The predicted octanol–water partition coefficient (Wildman–Crippen LogP) is 3.84. The number of halogens is 3. The lowest BCUT2D eigenvalue weighted by atomic mass is 10.1. The average Bonchev–Trinajstić information content (AvgIpc) is 2.75. The van der Waals surface area contributed by atoms with E-state index >= 15 is 0 Å². The molecule has 1 atom stereocenters. The van der Waals surface area contributed by atoms with Crippen LogP contribution in [0.4, 0.5) is 10.1 Å². The van der Waals surface area contributed by atoms with Gasteiger partial charge in [-0.3, -0.25) is 13.9 Å². The molecule has 180 valence electrons. The van der Waals surface area contributed by atoms with E-state index in [0.717, 1.165) is 16.6 Å². The number of sulfonamides is 1. The molecule has 0 aliphatic carbocycles. The molecule has 0 aliphatic rings. The first kappa shape index (κ1) is 26.9. The summed E-state index contributed by atoms with van der Waals surface area (Å²) in [7, 11) is -3.93. The topological polar surface area (TPSA) is 86.8 Å². The minimum atomic E-state index is -3.93. The second-order valence-electron chi connectivity index (χ2n) is 7.49. The van der Waals surface area contributed by atoms with Crippen molar-refractivity contribution < 1.29 is 22.4 Å². The number of hydrogen-bond donors (Lipinski definition) is 1. The van der Waals surface area contributed by atoms with E-state index in [1.54, 1.807) is 25.1 Å². The smallest absolute Gasteiger partial charge is 0.244 e. The number of carbonyl (C=O) groups excluding carboxylic acids is 2. The van der Waals surface area contributed by atoms with Gasteiger partial charge in [-0.1, -0.05) is 42.3 Å². The van der Waals surface area contributed by atoms with Crippen LogP contribution in [-0.2, 0) is 26.2 Å². The van der Waals surface area contributed by atoms with Gasteiger partial charge in [-0.15, -0.1) is 0 Å². The number of hydrogen-bond acceptors (Lipinski definition) is 4. The van der Waals surface area contributed by atoms with Crippen LogP contribution in [0.2, 0.25) is 10.0 Å². The second kappa shape index (κ2) is 11.7. The lowest BCUT2D eigenvalue weighted by molar-refractivity contribution is -0.139.